The minimum absolute atomic E-state index is 0.0228. The molecular weight excluding hydrogens is 260 g/mol. The van der Waals surface area contributed by atoms with Crippen molar-refractivity contribution in [2.75, 3.05) is 26.3 Å². The average Bonchev–Trinajstić information content (AvgIpc) is 2.33. The first-order valence-electron chi connectivity index (χ1n) is 7.06. The molecule has 0 bridgehead atoms. The molecule has 1 heterocycles. The molecule has 0 aromatic carbocycles. The summed E-state index contributed by atoms with van der Waals surface area (Å²) in [6.45, 7) is 9.67. The van der Waals surface area contributed by atoms with E-state index in [1.54, 1.807) is 4.90 Å². The van der Waals surface area contributed by atoms with Gasteiger partial charge in [0.25, 0.3) is 0 Å². The number of carboxylic acid groups (broad SMARTS) is 1. The van der Waals surface area contributed by atoms with Crippen LogP contribution in [0.2, 0.25) is 0 Å². The van der Waals surface area contributed by atoms with Crippen LogP contribution in [0.25, 0.3) is 0 Å². The molecule has 2 amide bonds. The fourth-order valence-corrected chi connectivity index (χ4v) is 2.33. The highest BCUT2D eigenvalue weighted by Crippen LogP contribution is 2.24. The van der Waals surface area contributed by atoms with Crippen molar-refractivity contribution in [2.45, 2.75) is 40.2 Å². The lowest BCUT2D eigenvalue weighted by molar-refractivity contribution is -0.142. The van der Waals surface area contributed by atoms with Crippen LogP contribution < -0.4 is 5.32 Å². The van der Waals surface area contributed by atoms with E-state index in [4.69, 9.17) is 4.74 Å². The summed E-state index contributed by atoms with van der Waals surface area (Å²) in [5.74, 6) is -1.43. The summed E-state index contributed by atoms with van der Waals surface area (Å²) in [6.07, 6.45) is 0.529. The number of morpholine rings is 1. The van der Waals surface area contributed by atoms with E-state index in [0.29, 0.717) is 26.2 Å². The van der Waals surface area contributed by atoms with Crippen molar-refractivity contribution in [2.24, 2.45) is 11.3 Å². The molecule has 0 radical (unpaired) electrons. The Kier molecular flexibility index (Phi) is 5.80. The van der Waals surface area contributed by atoms with Crippen LogP contribution in [-0.2, 0) is 9.53 Å². The van der Waals surface area contributed by atoms with Gasteiger partial charge in [0, 0.05) is 13.1 Å². The maximum Gasteiger partial charge on any atom is 0.317 e. The number of ether oxygens (including phenoxy) is 1. The Balaban J connectivity index is 2.50. The van der Waals surface area contributed by atoms with Crippen LogP contribution in [0.3, 0.4) is 0 Å². The van der Waals surface area contributed by atoms with E-state index in [-0.39, 0.29) is 24.0 Å². The highest BCUT2D eigenvalue weighted by Gasteiger charge is 2.27. The number of aliphatic carboxylic acids is 1. The molecular formula is C14H26N2O4. The van der Waals surface area contributed by atoms with Crippen LogP contribution in [-0.4, -0.2) is 54.4 Å². The van der Waals surface area contributed by atoms with Gasteiger partial charge in [-0.1, -0.05) is 20.8 Å². The third-order valence-corrected chi connectivity index (χ3v) is 3.34. The minimum Gasteiger partial charge on any atom is -0.481 e. The zero-order chi connectivity index (χ0) is 15.3. The molecule has 0 saturated carbocycles. The van der Waals surface area contributed by atoms with Gasteiger partial charge >= 0.3 is 12.0 Å². The van der Waals surface area contributed by atoms with E-state index in [2.05, 4.69) is 5.32 Å². The number of carboxylic acids is 1. The molecule has 1 rings (SSSR count). The number of carbonyl (C=O) groups excluding carboxylic acids is 1. The van der Waals surface area contributed by atoms with E-state index < -0.39 is 11.9 Å². The summed E-state index contributed by atoms with van der Waals surface area (Å²) in [4.78, 5) is 25.0. The Labute approximate surface area is 120 Å². The molecule has 20 heavy (non-hydrogen) atoms. The molecule has 0 spiro atoms. The number of nitrogens with one attached hydrogen (secondary N) is 1. The van der Waals surface area contributed by atoms with Crippen LogP contribution in [0.15, 0.2) is 0 Å². The summed E-state index contributed by atoms with van der Waals surface area (Å²) in [5.41, 5.74) is -0.0833. The molecule has 0 aromatic heterocycles. The highest BCUT2D eigenvalue weighted by molar-refractivity contribution is 5.76. The number of rotatable bonds is 4. The number of amides is 2. The van der Waals surface area contributed by atoms with Crippen LogP contribution in [0.1, 0.15) is 34.1 Å². The lowest BCUT2D eigenvalue weighted by Crippen LogP contribution is -2.52. The normalized spacial score (nSPS) is 21.4. The molecule has 2 unspecified atom stereocenters. The smallest absolute Gasteiger partial charge is 0.317 e. The molecule has 116 valence electrons. The van der Waals surface area contributed by atoms with Crippen molar-refractivity contribution in [3.8, 4) is 0 Å². The van der Waals surface area contributed by atoms with Gasteiger partial charge in [-0.3, -0.25) is 4.79 Å². The summed E-state index contributed by atoms with van der Waals surface area (Å²) < 4.78 is 5.28. The molecule has 0 aliphatic carbocycles. The SMILES string of the molecule is CC1COCCN1C(=O)NCC(CC(C)(C)C)C(=O)O. The first-order valence-corrected chi connectivity index (χ1v) is 7.06. The van der Waals surface area contributed by atoms with E-state index >= 15 is 0 Å². The minimum atomic E-state index is -0.866. The van der Waals surface area contributed by atoms with Crippen molar-refractivity contribution in [1.82, 2.24) is 10.2 Å². The maximum atomic E-state index is 12.1. The van der Waals surface area contributed by atoms with Crippen molar-refractivity contribution >= 4 is 12.0 Å². The Morgan fingerprint density at radius 1 is 1.45 bits per heavy atom. The summed E-state index contributed by atoms with van der Waals surface area (Å²) in [7, 11) is 0. The highest BCUT2D eigenvalue weighted by atomic mass is 16.5. The molecule has 2 atom stereocenters. The Bertz CT molecular complexity index is 352. The molecule has 1 fully saturated rings. The van der Waals surface area contributed by atoms with E-state index in [1.165, 1.54) is 0 Å². The summed E-state index contributed by atoms with van der Waals surface area (Å²) in [6, 6.07) is -0.185. The molecule has 2 N–H and O–H groups in total. The van der Waals surface area contributed by atoms with Crippen LogP contribution in [0.4, 0.5) is 4.79 Å². The quantitative estimate of drug-likeness (QED) is 0.822. The summed E-state index contributed by atoms with van der Waals surface area (Å²) in [5, 5.41) is 12.0. The van der Waals surface area contributed by atoms with Gasteiger partial charge < -0.3 is 20.1 Å². The van der Waals surface area contributed by atoms with Gasteiger partial charge in [0.05, 0.1) is 25.2 Å². The molecule has 6 nitrogen and oxygen atoms in total. The van der Waals surface area contributed by atoms with Gasteiger partial charge in [-0.2, -0.15) is 0 Å². The first kappa shape index (κ1) is 16.8. The van der Waals surface area contributed by atoms with Gasteiger partial charge in [0.2, 0.25) is 0 Å². The fourth-order valence-electron chi connectivity index (χ4n) is 2.33. The molecule has 1 aliphatic rings. The van der Waals surface area contributed by atoms with Gasteiger partial charge in [0.15, 0.2) is 0 Å². The third kappa shape index (κ3) is 5.36. The zero-order valence-corrected chi connectivity index (χ0v) is 12.8. The largest absolute Gasteiger partial charge is 0.481 e. The van der Waals surface area contributed by atoms with E-state index in [1.807, 2.05) is 27.7 Å². The molecule has 6 heteroatoms. The van der Waals surface area contributed by atoms with Crippen molar-refractivity contribution < 1.29 is 19.4 Å². The van der Waals surface area contributed by atoms with Crippen molar-refractivity contribution in [3.05, 3.63) is 0 Å². The molecule has 0 aromatic rings. The zero-order valence-electron chi connectivity index (χ0n) is 12.8. The van der Waals surface area contributed by atoms with Crippen LogP contribution >= 0.6 is 0 Å². The number of nitrogens with zero attached hydrogens (tertiary/aromatic N) is 1. The average molecular weight is 286 g/mol. The first-order chi connectivity index (χ1) is 9.20. The second kappa shape index (κ2) is 6.92. The molecule has 1 saturated heterocycles. The molecule has 1 aliphatic heterocycles. The van der Waals surface area contributed by atoms with E-state index in [0.717, 1.165) is 0 Å². The lowest BCUT2D eigenvalue weighted by Gasteiger charge is -2.33. The van der Waals surface area contributed by atoms with Crippen LogP contribution in [0.5, 0.6) is 0 Å². The Morgan fingerprint density at radius 3 is 2.60 bits per heavy atom. The predicted octanol–water partition coefficient (Wildman–Crippen LogP) is 1.55. The standard InChI is InChI=1S/C14H26N2O4/c1-10-9-20-6-5-16(10)13(19)15-8-11(12(17)18)7-14(2,3)4/h10-11H,5-9H2,1-4H3,(H,15,19)(H,17,18). The topological polar surface area (TPSA) is 78.9 Å². The van der Waals surface area contributed by atoms with E-state index in [9.17, 15) is 14.7 Å². The van der Waals surface area contributed by atoms with Crippen LogP contribution in [0, 0.1) is 11.3 Å². The van der Waals surface area contributed by atoms with Crippen molar-refractivity contribution in [3.63, 3.8) is 0 Å². The van der Waals surface area contributed by atoms with Crippen molar-refractivity contribution in [1.29, 1.82) is 0 Å². The number of urea groups is 1. The number of hydrogen-bond acceptors (Lipinski definition) is 3. The maximum absolute atomic E-state index is 12.1. The van der Waals surface area contributed by atoms with Gasteiger partial charge in [-0.05, 0) is 18.8 Å². The second-order valence-corrected chi connectivity index (χ2v) is 6.60. The Hall–Kier alpha value is -1.30. The monoisotopic (exact) mass is 286 g/mol. The fraction of sp³-hybridized carbons (Fsp3) is 0.857. The second-order valence-electron chi connectivity index (χ2n) is 6.60. The predicted molar refractivity (Wildman–Crippen MR) is 75.6 cm³/mol. The lowest BCUT2D eigenvalue weighted by atomic mass is 9.84. The van der Waals surface area contributed by atoms with Gasteiger partial charge in [0.1, 0.15) is 0 Å². The Morgan fingerprint density at radius 2 is 2.10 bits per heavy atom. The third-order valence-electron chi connectivity index (χ3n) is 3.34. The number of hydrogen-bond donors (Lipinski definition) is 2. The van der Waals surface area contributed by atoms with Gasteiger partial charge in [-0.15, -0.1) is 0 Å². The summed E-state index contributed by atoms with van der Waals surface area (Å²) >= 11 is 0. The van der Waals surface area contributed by atoms with Gasteiger partial charge in [-0.25, -0.2) is 4.79 Å². The number of carbonyl (C=O) groups is 2.